The van der Waals surface area contributed by atoms with Gasteiger partial charge in [0.25, 0.3) is 0 Å². The van der Waals surface area contributed by atoms with Crippen molar-refractivity contribution in [1.82, 2.24) is 5.32 Å². The molecule has 0 radical (unpaired) electrons. The van der Waals surface area contributed by atoms with Crippen molar-refractivity contribution >= 4 is 28.6 Å². The van der Waals surface area contributed by atoms with Gasteiger partial charge < -0.3 is 10.4 Å². The summed E-state index contributed by atoms with van der Waals surface area (Å²) >= 11 is 3.30. The summed E-state index contributed by atoms with van der Waals surface area (Å²) in [5.74, 6) is -0.777. The molecule has 2 aromatic heterocycles. The summed E-state index contributed by atoms with van der Waals surface area (Å²) in [7, 11) is 0. The molecule has 0 saturated carbocycles. The second kappa shape index (κ2) is 6.32. The largest absolute Gasteiger partial charge is 0.481 e. The van der Waals surface area contributed by atoms with Crippen molar-refractivity contribution in [2.75, 3.05) is 0 Å². The van der Waals surface area contributed by atoms with Crippen LogP contribution in [0.5, 0.6) is 0 Å². The fourth-order valence-electron chi connectivity index (χ4n) is 2.11. The van der Waals surface area contributed by atoms with Crippen molar-refractivity contribution in [2.45, 2.75) is 32.4 Å². The molecule has 5 heteroatoms. The topological polar surface area (TPSA) is 49.3 Å². The Morgan fingerprint density at radius 1 is 1.37 bits per heavy atom. The minimum absolute atomic E-state index is 0.106. The summed E-state index contributed by atoms with van der Waals surface area (Å²) in [6, 6.07) is 6.06. The number of carboxylic acids is 1. The lowest BCUT2D eigenvalue weighted by atomic mass is 10.1. The number of rotatable bonds is 6. The van der Waals surface area contributed by atoms with Crippen LogP contribution in [0.15, 0.2) is 29.0 Å². The number of thiophene rings is 2. The van der Waals surface area contributed by atoms with Crippen LogP contribution in [-0.2, 0) is 4.79 Å². The fraction of sp³-hybridized carbons (Fsp3) is 0.357. The summed E-state index contributed by atoms with van der Waals surface area (Å²) in [4.78, 5) is 13.4. The first-order valence-electron chi connectivity index (χ1n) is 6.13. The van der Waals surface area contributed by atoms with Crippen LogP contribution in [0.4, 0.5) is 0 Å². The second-order valence-corrected chi connectivity index (χ2v) is 6.45. The van der Waals surface area contributed by atoms with Crippen LogP contribution >= 0.6 is 22.7 Å². The first-order valence-corrected chi connectivity index (χ1v) is 7.89. The van der Waals surface area contributed by atoms with Gasteiger partial charge in [0.15, 0.2) is 0 Å². The average Bonchev–Trinajstić information content (AvgIpc) is 2.97. The molecule has 0 aromatic carbocycles. The van der Waals surface area contributed by atoms with Gasteiger partial charge in [-0.25, -0.2) is 0 Å². The number of aryl methyl sites for hydroxylation is 1. The molecule has 0 aliphatic rings. The molecule has 0 fully saturated rings. The van der Waals surface area contributed by atoms with Gasteiger partial charge >= 0.3 is 5.97 Å². The van der Waals surface area contributed by atoms with Gasteiger partial charge in [0, 0.05) is 15.8 Å². The van der Waals surface area contributed by atoms with Crippen molar-refractivity contribution in [3.63, 3.8) is 0 Å². The quantitative estimate of drug-likeness (QED) is 0.847. The van der Waals surface area contributed by atoms with Crippen LogP contribution in [0.3, 0.4) is 0 Å². The van der Waals surface area contributed by atoms with Crippen LogP contribution in [0.1, 0.15) is 40.7 Å². The lowest BCUT2D eigenvalue weighted by Gasteiger charge is -2.21. The molecule has 2 heterocycles. The highest BCUT2D eigenvalue weighted by atomic mass is 32.1. The fourth-order valence-corrected chi connectivity index (χ4v) is 3.84. The van der Waals surface area contributed by atoms with E-state index >= 15 is 0 Å². The molecule has 0 aliphatic heterocycles. The minimum Gasteiger partial charge on any atom is -0.481 e. The van der Waals surface area contributed by atoms with Crippen molar-refractivity contribution < 1.29 is 9.90 Å². The summed E-state index contributed by atoms with van der Waals surface area (Å²) in [5.41, 5.74) is 1.25. The van der Waals surface area contributed by atoms with Crippen LogP contribution in [0.25, 0.3) is 0 Å². The van der Waals surface area contributed by atoms with E-state index in [0.29, 0.717) is 0 Å². The molecule has 2 N–H and O–H groups in total. The van der Waals surface area contributed by atoms with E-state index in [2.05, 4.69) is 30.6 Å². The summed E-state index contributed by atoms with van der Waals surface area (Å²) in [6.07, 6.45) is 0.106. The lowest BCUT2D eigenvalue weighted by molar-refractivity contribution is -0.137. The molecule has 19 heavy (non-hydrogen) atoms. The molecule has 2 unspecified atom stereocenters. The van der Waals surface area contributed by atoms with E-state index in [1.807, 2.05) is 17.5 Å². The molecular formula is C14H17NO2S2. The maximum atomic E-state index is 11.0. The van der Waals surface area contributed by atoms with Crippen molar-refractivity contribution in [2.24, 2.45) is 0 Å². The molecule has 2 atom stereocenters. The second-order valence-electron chi connectivity index (χ2n) is 4.52. The predicted molar refractivity (Wildman–Crippen MR) is 79.9 cm³/mol. The Kier molecular flexibility index (Phi) is 4.74. The number of hydrogen-bond donors (Lipinski definition) is 2. The highest BCUT2D eigenvalue weighted by Crippen LogP contribution is 2.29. The Labute approximate surface area is 120 Å². The van der Waals surface area contributed by atoms with Gasteiger partial charge in [0.2, 0.25) is 0 Å². The zero-order valence-electron chi connectivity index (χ0n) is 10.9. The monoisotopic (exact) mass is 295 g/mol. The SMILES string of the molecule is Cc1ccsc1C(C)NC(CC(=O)O)c1cccs1. The zero-order valence-corrected chi connectivity index (χ0v) is 12.6. The highest BCUT2D eigenvalue weighted by molar-refractivity contribution is 7.10. The number of hydrogen-bond acceptors (Lipinski definition) is 4. The Bertz CT molecular complexity index is 533. The molecule has 2 aromatic rings. The molecule has 2 rings (SSSR count). The Morgan fingerprint density at radius 3 is 2.68 bits per heavy atom. The number of carboxylic acid groups (broad SMARTS) is 1. The van der Waals surface area contributed by atoms with E-state index in [9.17, 15) is 4.79 Å². The molecule has 0 aliphatic carbocycles. The maximum Gasteiger partial charge on any atom is 0.305 e. The van der Waals surface area contributed by atoms with Crippen molar-refractivity contribution in [3.05, 3.63) is 44.3 Å². The Balaban J connectivity index is 2.12. The van der Waals surface area contributed by atoms with Gasteiger partial charge in [0.1, 0.15) is 0 Å². The summed E-state index contributed by atoms with van der Waals surface area (Å²) in [5, 5.41) is 16.5. The molecule has 0 saturated heterocycles. The van der Waals surface area contributed by atoms with Crippen LogP contribution < -0.4 is 5.32 Å². The smallest absolute Gasteiger partial charge is 0.305 e. The van der Waals surface area contributed by atoms with Crippen molar-refractivity contribution in [1.29, 1.82) is 0 Å². The van der Waals surface area contributed by atoms with Crippen LogP contribution in [-0.4, -0.2) is 11.1 Å². The van der Waals surface area contributed by atoms with E-state index in [-0.39, 0.29) is 18.5 Å². The van der Waals surface area contributed by atoms with Gasteiger partial charge in [0.05, 0.1) is 12.5 Å². The summed E-state index contributed by atoms with van der Waals surface area (Å²) < 4.78 is 0. The molecular weight excluding hydrogens is 278 g/mol. The third kappa shape index (κ3) is 3.65. The van der Waals surface area contributed by atoms with Crippen LogP contribution in [0, 0.1) is 6.92 Å². The first-order chi connectivity index (χ1) is 9.08. The van der Waals surface area contributed by atoms with E-state index in [0.717, 1.165) is 4.88 Å². The first kappa shape index (κ1) is 14.2. The van der Waals surface area contributed by atoms with Crippen LogP contribution in [0.2, 0.25) is 0 Å². The van der Waals surface area contributed by atoms with E-state index in [1.165, 1.54) is 10.4 Å². The Hall–Kier alpha value is -1.17. The normalized spacial score (nSPS) is 14.2. The average molecular weight is 295 g/mol. The maximum absolute atomic E-state index is 11.0. The van der Waals surface area contributed by atoms with Gasteiger partial charge in [-0.05, 0) is 42.3 Å². The van der Waals surface area contributed by atoms with Gasteiger partial charge in [-0.1, -0.05) is 6.07 Å². The summed E-state index contributed by atoms with van der Waals surface area (Å²) in [6.45, 7) is 4.17. The Morgan fingerprint density at radius 2 is 2.16 bits per heavy atom. The molecule has 0 spiro atoms. The van der Waals surface area contributed by atoms with Gasteiger partial charge in [-0.3, -0.25) is 4.79 Å². The standard InChI is InChI=1S/C14H17NO2S2/c1-9-5-7-19-14(9)10(2)15-11(8-13(16)17)12-4-3-6-18-12/h3-7,10-11,15H,8H2,1-2H3,(H,16,17). The lowest BCUT2D eigenvalue weighted by Crippen LogP contribution is -2.26. The van der Waals surface area contributed by atoms with Gasteiger partial charge in [-0.15, -0.1) is 22.7 Å². The third-order valence-electron chi connectivity index (χ3n) is 3.01. The third-order valence-corrected chi connectivity index (χ3v) is 5.20. The highest BCUT2D eigenvalue weighted by Gasteiger charge is 2.20. The van der Waals surface area contributed by atoms with Crippen molar-refractivity contribution in [3.8, 4) is 0 Å². The molecule has 3 nitrogen and oxygen atoms in total. The number of nitrogens with one attached hydrogen (secondary N) is 1. The number of carbonyl (C=O) groups is 1. The molecule has 0 bridgehead atoms. The van der Waals surface area contributed by atoms with E-state index in [4.69, 9.17) is 5.11 Å². The number of aliphatic carboxylic acids is 1. The zero-order chi connectivity index (χ0) is 13.8. The minimum atomic E-state index is -0.777. The predicted octanol–water partition coefficient (Wildman–Crippen LogP) is 3.98. The molecule has 102 valence electrons. The molecule has 0 amide bonds. The van der Waals surface area contributed by atoms with E-state index in [1.54, 1.807) is 22.7 Å². The van der Waals surface area contributed by atoms with Gasteiger partial charge in [-0.2, -0.15) is 0 Å². The van der Waals surface area contributed by atoms with E-state index < -0.39 is 5.97 Å².